The first-order valence-electron chi connectivity index (χ1n) is 7.44. The number of hydrogen-bond donors (Lipinski definition) is 1. The van der Waals surface area contributed by atoms with E-state index in [1.54, 1.807) is 4.90 Å². The lowest BCUT2D eigenvalue weighted by molar-refractivity contribution is 0.138. The van der Waals surface area contributed by atoms with E-state index < -0.39 is 6.43 Å². The Morgan fingerprint density at radius 1 is 1.45 bits per heavy atom. The summed E-state index contributed by atoms with van der Waals surface area (Å²) >= 11 is 0. The fourth-order valence-corrected chi connectivity index (χ4v) is 2.49. The minimum atomic E-state index is -2.68. The van der Waals surface area contributed by atoms with Crippen molar-refractivity contribution >= 4 is 11.7 Å². The highest BCUT2D eigenvalue weighted by Gasteiger charge is 2.24. The van der Waals surface area contributed by atoms with E-state index in [1.807, 2.05) is 20.8 Å². The lowest BCUT2D eigenvalue weighted by Crippen LogP contribution is -2.38. The van der Waals surface area contributed by atoms with E-state index in [0.717, 1.165) is 12.0 Å². The molecular formula is C15H22F2N4O. The molecule has 0 unspecified atom stereocenters. The normalized spacial score (nSPS) is 15.4. The second-order valence-corrected chi connectivity index (χ2v) is 6.01. The molecule has 0 spiro atoms. The Morgan fingerprint density at radius 3 is 2.77 bits per heavy atom. The molecule has 2 rings (SSSR count). The van der Waals surface area contributed by atoms with Crippen LogP contribution in [0.3, 0.4) is 0 Å². The highest BCUT2D eigenvalue weighted by atomic mass is 19.3. The number of carbonyl (C=O) groups is 1. The Morgan fingerprint density at radius 2 is 2.18 bits per heavy atom. The van der Waals surface area contributed by atoms with Crippen molar-refractivity contribution in [1.82, 2.24) is 14.7 Å². The van der Waals surface area contributed by atoms with Gasteiger partial charge in [0.25, 0.3) is 6.43 Å². The molecule has 122 valence electrons. The highest BCUT2D eigenvalue weighted by molar-refractivity contribution is 5.90. The van der Waals surface area contributed by atoms with Gasteiger partial charge in [-0.15, -0.1) is 0 Å². The van der Waals surface area contributed by atoms with Crippen LogP contribution in [0.4, 0.5) is 19.3 Å². The molecule has 0 aromatic carbocycles. The van der Waals surface area contributed by atoms with Gasteiger partial charge in [0.05, 0.1) is 11.9 Å². The Kier molecular flexibility index (Phi) is 5.15. The van der Waals surface area contributed by atoms with Gasteiger partial charge in [0.2, 0.25) is 0 Å². The van der Waals surface area contributed by atoms with E-state index in [4.69, 9.17) is 0 Å². The predicted molar refractivity (Wildman–Crippen MR) is 81.0 cm³/mol. The number of carbonyl (C=O) groups excluding carboxylic acids is 1. The van der Waals surface area contributed by atoms with Gasteiger partial charge in [-0.05, 0) is 19.3 Å². The lowest BCUT2D eigenvalue weighted by Gasteiger charge is -2.26. The van der Waals surface area contributed by atoms with Gasteiger partial charge in [0.1, 0.15) is 5.69 Å². The van der Waals surface area contributed by atoms with Gasteiger partial charge in [-0.3, -0.25) is 4.68 Å². The molecule has 0 aliphatic carbocycles. The van der Waals surface area contributed by atoms with Crippen molar-refractivity contribution in [3.8, 4) is 0 Å². The smallest absolute Gasteiger partial charge is 0.320 e. The molecule has 1 aromatic heterocycles. The van der Waals surface area contributed by atoms with Gasteiger partial charge >= 0.3 is 6.03 Å². The fraction of sp³-hybridized carbons (Fsp3) is 0.600. The third-order valence-corrected chi connectivity index (χ3v) is 3.49. The number of nitrogens with one attached hydrogen (secondary N) is 1. The summed E-state index contributed by atoms with van der Waals surface area (Å²) in [6, 6.07) is -0.363. The summed E-state index contributed by atoms with van der Waals surface area (Å²) in [6.07, 6.45) is 1.48. The molecular weight excluding hydrogens is 290 g/mol. The zero-order chi connectivity index (χ0) is 16.3. The molecule has 5 nitrogen and oxygen atoms in total. The van der Waals surface area contributed by atoms with Crippen molar-refractivity contribution < 1.29 is 13.6 Å². The summed E-state index contributed by atoms with van der Waals surface area (Å²) in [5.41, 5.74) is 0.963. The number of urea groups is 1. The van der Waals surface area contributed by atoms with Crippen molar-refractivity contribution in [2.75, 3.05) is 18.4 Å². The van der Waals surface area contributed by atoms with Gasteiger partial charge in [0.15, 0.2) is 0 Å². The molecule has 0 radical (unpaired) electrons. The molecule has 1 aromatic rings. The van der Waals surface area contributed by atoms with E-state index in [2.05, 4.69) is 16.5 Å². The van der Waals surface area contributed by atoms with Crippen molar-refractivity contribution in [3.05, 3.63) is 23.5 Å². The van der Waals surface area contributed by atoms with E-state index in [-0.39, 0.29) is 23.3 Å². The van der Waals surface area contributed by atoms with Crippen LogP contribution >= 0.6 is 0 Å². The van der Waals surface area contributed by atoms with Gasteiger partial charge in [-0.2, -0.15) is 5.10 Å². The lowest BCUT2D eigenvalue weighted by atomic mass is 10.1. The SMILES string of the molecule is CC1=CCCN(C(=O)Nc2cnn(CC(C)C)c2C(F)F)C1. The van der Waals surface area contributed by atoms with E-state index in [1.165, 1.54) is 10.9 Å². The highest BCUT2D eigenvalue weighted by Crippen LogP contribution is 2.28. The van der Waals surface area contributed by atoms with Crippen LogP contribution in [-0.4, -0.2) is 33.8 Å². The second-order valence-electron chi connectivity index (χ2n) is 6.01. The van der Waals surface area contributed by atoms with Gasteiger partial charge < -0.3 is 10.2 Å². The standard InChI is InChI=1S/C15H22F2N4O/c1-10(2)8-21-13(14(16)17)12(7-18-21)19-15(22)20-6-4-5-11(3)9-20/h5,7,10,14H,4,6,8-9H2,1-3H3,(H,19,22). The minimum Gasteiger partial charge on any atom is -0.320 e. The molecule has 22 heavy (non-hydrogen) atoms. The van der Waals surface area contributed by atoms with Crippen molar-refractivity contribution in [2.45, 2.75) is 40.2 Å². The fourth-order valence-electron chi connectivity index (χ4n) is 2.49. The molecule has 2 heterocycles. The van der Waals surface area contributed by atoms with Crippen molar-refractivity contribution in [2.24, 2.45) is 5.92 Å². The molecule has 7 heteroatoms. The first-order chi connectivity index (χ1) is 10.4. The number of hydrogen-bond acceptors (Lipinski definition) is 2. The summed E-state index contributed by atoms with van der Waals surface area (Å²) in [5, 5.41) is 6.55. The number of anilines is 1. The first-order valence-corrected chi connectivity index (χ1v) is 7.44. The zero-order valence-electron chi connectivity index (χ0n) is 13.1. The Balaban J connectivity index is 2.13. The van der Waals surface area contributed by atoms with Crippen LogP contribution in [-0.2, 0) is 6.54 Å². The molecule has 1 aliphatic heterocycles. The maximum atomic E-state index is 13.3. The number of halogens is 2. The van der Waals surface area contributed by atoms with E-state index in [9.17, 15) is 13.6 Å². The van der Waals surface area contributed by atoms with Crippen molar-refractivity contribution in [1.29, 1.82) is 0 Å². The monoisotopic (exact) mass is 312 g/mol. The number of amides is 2. The number of nitrogens with zero attached hydrogens (tertiary/aromatic N) is 3. The third kappa shape index (κ3) is 3.84. The van der Waals surface area contributed by atoms with Crippen LogP contribution < -0.4 is 5.32 Å². The summed E-state index contributed by atoms with van der Waals surface area (Å²) in [5.74, 6) is 0.191. The largest absolute Gasteiger partial charge is 0.322 e. The minimum absolute atomic E-state index is 0.0906. The number of rotatable bonds is 4. The van der Waals surface area contributed by atoms with Gasteiger partial charge in [-0.25, -0.2) is 13.6 Å². The average Bonchev–Trinajstić information content (AvgIpc) is 2.80. The summed E-state index contributed by atoms with van der Waals surface area (Å²) in [4.78, 5) is 13.8. The third-order valence-electron chi connectivity index (χ3n) is 3.49. The summed E-state index contributed by atoms with van der Waals surface area (Å²) < 4.78 is 27.9. The number of alkyl halides is 2. The maximum absolute atomic E-state index is 13.3. The molecule has 0 saturated carbocycles. The molecule has 2 amide bonds. The van der Waals surface area contributed by atoms with Crippen LogP contribution in [0.5, 0.6) is 0 Å². The van der Waals surface area contributed by atoms with Crippen LogP contribution in [0.15, 0.2) is 17.8 Å². The molecule has 1 aliphatic rings. The molecule has 0 bridgehead atoms. The predicted octanol–water partition coefficient (Wildman–Crippen LogP) is 3.66. The Labute approximate surface area is 129 Å². The van der Waals surface area contributed by atoms with Gasteiger partial charge in [0, 0.05) is 19.6 Å². The van der Waals surface area contributed by atoms with Crippen LogP contribution in [0.2, 0.25) is 0 Å². The quantitative estimate of drug-likeness (QED) is 0.863. The molecule has 0 fully saturated rings. The summed E-state index contributed by atoms with van der Waals surface area (Å²) in [6.45, 7) is 7.31. The molecule has 1 N–H and O–H groups in total. The zero-order valence-corrected chi connectivity index (χ0v) is 13.1. The number of aromatic nitrogens is 2. The van der Waals surface area contributed by atoms with E-state index in [0.29, 0.717) is 19.6 Å². The van der Waals surface area contributed by atoms with Crippen LogP contribution in [0, 0.1) is 5.92 Å². The molecule has 0 atom stereocenters. The van der Waals surface area contributed by atoms with Crippen LogP contribution in [0.25, 0.3) is 0 Å². The van der Waals surface area contributed by atoms with Crippen molar-refractivity contribution in [3.63, 3.8) is 0 Å². The maximum Gasteiger partial charge on any atom is 0.322 e. The summed E-state index contributed by atoms with van der Waals surface area (Å²) in [7, 11) is 0. The molecule has 0 saturated heterocycles. The Bertz CT molecular complexity index is 566. The first kappa shape index (κ1) is 16.5. The van der Waals surface area contributed by atoms with Crippen LogP contribution in [0.1, 0.15) is 39.3 Å². The average molecular weight is 312 g/mol. The van der Waals surface area contributed by atoms with E-state index >= 15 is 0 Å². The second kappa shape index (κ2) is 6.89. The van der Waals surface area contributed by atoms with Gasteiger partial charge in [-0.1, -0.05) is 25.5 Å². The Hall–Kier alpha value is -1.92. The topological polar surface area (TPSA) is 50.2 Å².